The molecule has 3 rings (SSSR count). The van der Waals surface area contributed by atoms with Gasteiger partial charge < -0.3 is 34.6 Å². The number of nitrogens with one attached hydrogen (secondary N) is 1. The van der Waals surface area contributed by atoms with E-state index in [0.717, 1.165) is 25.7 Å². The highest BCUT2D eigenvalue weighted by Gasteiger charge is 2.36. The summed E-state index contributed by atoms with van der Waals surface area (Å²) in [7, 11) is -2.98. The molecule has 1 saturated carbocycles. The van der Waals surface area contributed by atoms with Crippen LogP contribution >= 0.6 is 7.37 Å². The summed E-state index contributed by atoms with van der Waals surface area (Å²) in [6, 6.07) is 13.9. The molecule has 0 aliphatic heterocycles. The molecule has 4 N–H and O–H groups in total. The van der Waals surface area contributed by atoms with Gasteiger partial charge in [0.2, 0.25) is 7.37 Å². The van der Waals surface area contributed by atoms with E-state index in [0.29, 0.717) is 23.6 Å². The zero-order valence-corrected chi connectivity index (χ0v) is 20.4. The summed E-state index contributed by atoms with van der Waals surface area (Å²) >= 11 is 0. The van der Waals surface area contributed by atoms with Gasteiger partial charge in [-0.25, -0.2) is 0 Å². The van der Waals surface area contributed by atoms with Gasteiger partial charge in [0.1, 0.15) is 30.0 Å². The van der Waals surface area contributed by atoms with Crippen molar-refractivity contribution in [2.45, 2.75) is 50.5 Å². The average Bonchev–Trinajstić information content (AvgIpc) is 2.88. The molecule has 0 saturated heterocycles. The lowest BCUT2D eigenvalue weighted by molar-refractivity contribution is 0.105. The molecule has 2 atom stereocenters. The summed E-state index contributed by atoms with van der Waals surface area (Å²) in [4.78, 5) is 0. The lowest BCUT2D eigenvalue weighted by atomic mass is 10.0. The fourth-order valence-electron chi connectivity index (χ4n) is 3.97. The molecule has 0 bridgehead atoms. The molecule has 0 aromatic heterocycles. The molecule has 0 spiro atoms. The number of ether oxygens (including phenoxy) is 2. The third kappa shape index (κ3) is 8.29. The maximum atomic E-state index is 13.7. The molecular formula is C25H36NO7P. The summed E-state index contributed by atoms with van der Waals surface area (Å²) in [6.45, 7) is 0.732. The lowest BCUT2D eigenvalue weighted by Crippen LogP contribution is -2.33. The minimum Gasteiger partial charge on any atom is -0.508 e. The Morgan fingerprint density at radius 1 is 1.03 bits per heavy atom. The molecule has 0 amide bonds. The van der Waals surface area contributed by atoms with E-state index in [4.69, 9.17) is 14.0 Å². The second-order valence-electron chi connectivity index (χ2n) is 8.56. The first-order valence-corrected chi connectivity index (χ1v) is 13.7. The predicted molar refractivity (Wildman–Crippen MR) is 131 cm³/mol. The number of phenols is 1. The van der Waals surface area contributed by atoms with E-state index in [9.17, 15) is 19.9 Å². The SMILES string of the molecule is O=[P@](COc1ccccc1)(OCCNCC(O)COc1ccc(O)c(CO)c1)C1CCCCC1. The van der Waals surface area contributed by atoms with Crippen LogP contribution in [-0.2, 0) is 15.7 Å². The first kappa shape index (κ1) is 26.5. The Hall–Kier alpha value is -2.09. The van der Waals surface area contributed by atoms with E-state index < -0.39 is 13.5 Å². The van der Waals surface area contributed by atoms with Crippen molar-refractivity contribution < 1.29 is 33.9 Å². The summed E-state index contributed by atoms with van der Waals surface area (Å²) in [5, 5.41) is 32.1. The van der Waals surface area contributed by atoms with Crippen LogP contribution in [0.1, 0.15) is 37.7 Å². The highest BCUT2D eigenvalue weighted by Crippen LogP contribution is 2.56. The van der Waals surface area contributed by atoms with Gasteiger partial charge in [-0.15, -0.1) is 0 Å². The lowest BCUT2D eigenvalue weighted by Gasteiger charge is -2.30. The summed E-state index contributed by atoms with van der Waals surface area (Å²) in [5.74, 6) is 1.14. The van der Waals surface area contributed by atoms with E-state index in [2.05, 4.69) is 5.32 Å². The van der Waals surface area contributed by atoms with Gasteiger partial charge in [-0.05, 0) is 43.2 Å². The van der Waals surface area contributed by atoms with Crippen LogP contribution in [0.2, 0.25) is 0 Å². The third-order valence-electron chi connectivity index (χ3n) is 5.92. The number of para-hydroxylation sites is 1. The van der Waals surface area contributed by atoms with Crippen molar-refractivity contribution >= 4 is 7.37 Å². The molecule has 0 heterocycles. The Bertz CT molecular complexity index is 905. The number of benzene rings is 2. The molecule has 188 valence electrons. The van der Waals surface area contributed by atoms with Crippen LogP contribution in [0.3, 0.4) is 0 Å². The zero-order valence-electron chi connectivity index (χ0n) is 19.5. The van der Waals surface area contributed by atoms with Crippen LogP contribution in [0, 0.1) is 0 Å². The van der Waals surface area contributed by atoms with Crippen LogP contribution in [0.5, 0.6) is 17.2 Å². The van der Waals surface area contributed by atoms with Gasteiger partial charge in [-0.1, -0.05) is 37.5 Å². The monoisotopic (exact) mass is 493 g/mol. The number of hydrogen-bond donors (Lipinski definition) is 4. The summed E-state index contributed by atoms with van der Waals surface area (Å²) in [5.41, 5.74) is 0.388. The smallest absolute Gasteiger partial charge is 0.242 e. The quantitative estimate of drug-likeness (QED) is 0.231. The largest absolute Gasteiger partial charge is 0.508 e. The van der Waals surface area contributed by atoms with Crippen molar-refractivity contribution in [2.75, 3.05) is 32.7 Å². The summed E-state index contributed by atoms with van der Waals surface area (Å²) in [6.07, 6.45) is 4.40. The number of rotatable bonds is 14. The molecule has 1 aliphatic carbocycles. The van der Waals surface area contributed by atoms with Crippen LogP contribution in [0.4, 0.5) is 0 Å². The maximum Gasteiger partial charge on any atom is 0.242 e. The van der Waals surface area contributed by atoms with Crippen molar-refractivity contribution in [1.82, 2.24) is 5.32 Å². The van der Waals surface area contributed by atoms with Crippen molar-refractivity contribution in [3.8, 4) is 17.2 Å². The molecular weight excluding hydrogens is 457 g/mol. The van der Waals surface area contributed by atoms with Gasteiger partial charge in [0.05, 0.1) is 13.2 Å². The normalized spacial score (nSPS) is 17.1. The molecule has 0 radical (unpaired) electrons. The molecule has 1 unspecified atom stereocenters. The topological polar surface area (TPSA) is 117 Å². The van der Waals surface area contributed by atoms with Crippen molar-refractivity contribution in [3.05, 3.63) is 54.1 Å². The van der Waals surface area contributed by atoms with E-state index in [1.807, 2.05) is 30.3 Å². The van der Waals surface area contributed by atoms with Crippen LogP contribution in [0.15, 0.2) is 48.5 Å². The van der Waals surface area contributed by atoms with E-state index in [1.165, 1.54) is 18.6 Å². The fourth-order valence-corrected chi connectivity index (χ4v) is 6.35. The number of aromatic hydroxyl groups is 1. The Kier molecular flexibility index (Phi) is 10.7. The van der Waals surface area contributed by atoms with Crippen LogP contribution < -0.4 is 14.8 Å². The van der Waals surface area contributed by atoms with Gasteiger partial charge in [-0.3, -0.25) is 4.57 Å². The molecule has 1 aliphatic rings. The second-order valence-corrected chi connectivity index (χ2v) is 11.3. The Morgan fingerprint density at radius 2 is 1.79 bits per heavy atom. The molecule has 2 aromatic rings. The number of hydrogen-bond acceptors (Lipinski definition) is 8. The van der Waals surface area contributed by atoms with Crippen molar-refractivity contribution in [3.63, 3.8) is 0 Å². The molecule has 34 heavy (non-hydrogen) atoms. The number of aliphatic hydroxyl groups excluding tert-OH is 2. The second kappa shape index (κ2) is 13.7. The average molecular weight is 494 g/mol. The van der Waals surface area contributed by atoms with Gasteiger partial charge >= 0.3 is 0 Å². The van der Waals surface area contributed by atoms with E-state index >= 15 is 0 Å². The molecule has 2 aromatic carbocycles. The molecule has 8 nitrogen and oxygen atoms in total. The third-order valence-corrected chi connectivity index (χ3v) is 8.66. The van der Waals surface area contributed by atoms with Crippen molar-refractivity contribution in [2.24, 2.45) is 0 Å². The zero-order chi connectivity index (χ0) is 24.2. The van der Waals surface area contributed by atoms with Gasteiger partial charge in [-0.2, -0.15) is 0 Å². The Labute approximate surface area is 201 Å². The number of aliphatic hydroxyl groups is 2. The van der Waals surface area contributed by atoms with Crippen LogP contribution in [-0.4, -0.2) is 59.7 Å². The Balaban J connectivity index is 1.40. The van der Waals surface area contributed by atoms with E-state index in [1.54, 1.807) is 6.07 Å². The standard InChI is InChI=1S/C25H36NO7P/c27-17-20-15-23(11-12-25(20)29)31-18-21(28)16-26-13-14-33-34(30,24-9-5-2-6-10-24)19-32-22-7-3-1-4-8-22/h1,3-4,7-8,11-12,15,21,24,26-29H,2,5-6,9-10,13-14,16-19H2/t21?,34-/m1/s1. The van der Waals surface area contributed by atoms with Gasteiger partial charge in [0.15, 0.2) is 6.35 Å². The molecule has 9 heteroatoms. The highest BCUT2D eigenvalue weighted by molar-refractivity contribution is 7.59. The highest BCUT2D eigenvalue weighted by atomic mass is 31.2. The maximum absolute atomic E-state index is 13.7. The fraction of sp³-hybridized carbons (Fsp3) is 0.520. The van der Waals surface area contributed by atoms with Crippen LogP contribution in [0.25, 0.3) is 0 Å². The van der Waals surface area contributed by atoms with E-state index in [-0.39, 0.29) is 44.1 Å². The molecule has 1 fully saturated rings. The minimum atomic E-state index is -2.98. The first-order chi connectivity index (χ1) is 16.5. The van der Waals surface area contributed by atoms with Crippen molar-refractivity contribution in [1.29, 1.82) is 0 Å². The Morgan fingerprint density at radius 3 is 2.53 bits per heavy atom. The summed E-state index contributed by atoms with van der Waals surface area (Å²) < 4.78 is 31.0. The first-order valence-electron chi connectivity index (χ1n) is 11.9. The van der Waals surface area contributed by atoms with Gasteiger partial charge in [0.25, 0.3) is 0 Å². The van der Waals surface area contributed by atoms with Gasteiger partial charge in [0, 0.05) is 24.3 Å². The minimum absolute atomic E-state index is 0.00301. The predicted octanol–water partition coefficient (Wildman–Crippen LogP) is 3.88.